The first-order valence-electron chi connectivity index (χ1n) is 9.73. The van der Waals surface area contributed by atoms with Crippen molar-refractivity contribution in [1.29, 1.82) is 5.26 Å². The third-order valence-electron chi connectivity index (χ3n) is 4.90. The Kier molecular flexibility index (Phi) is 7.25. The molecule has 0 aromatic heterocycles. The van der Waals surface area contributed by atoms with E-state index >= 15 is 0 Å². The van der Waals surface area contributed by atoms with Crippen molar-refractivity contribution in [3.63, 3.8) is 0 Å². The van der Waals surface area contributed by atoms with Crippen LogP contribution in [0.1, 0.15) is 5.56 Å². The van der Waals surface area contributed by atoms with Crippen molar-refractivity contribution in [2.45, 2.75) is 0 Å². The lowest BCUT2D eigenvalue weighted by Gasteiger charge is -2.28. The van der Waals surface area contributed by atoms with Crippen molar-refractivity contribution >= 4 is 29.0 Å². The lowest BCUT2D eigenvalue weighted by atomic mass is 10.1. The maximum Gasteiger partial charge on any atom is 0.280 e. The molecule has 10 heteroatoms. The summed E-state index contributed by atoms with van der Waals surface area (Å²) in [6.45, 7) is 2.91. The molecule has 0 unspecified atom stereocenters. The monoisotopic (exact) mass is 438 g/mol. The van der Waals surface area contributed by atoms with Crippen LogP contribution in [0.4, 0.5) is 17.1 Å². The quantitative estimate of drug-likeness (QED) is 0.302. The zero-order chi connectivity index (χ0) is 23.1. The number of amides is 1. The molecule has 0 saturated carbocycles. The summed E-state index contributed by atoms with van der Waals surface area (Å²) in [5.74, 6) is -0.281. The molecule has 0 bridgehead atoms. The second-order valence-electron chi connectivity index (χ2n) is 6.79. The van der Waals surface area contributed by atoms with Crippen LogP contribution in [-0.4, -0.2) is 51.4 Å². The molecule has 0 radical (unpaired) electrons. The van der Waals surface area contributed by atoms with E-state index in [9.17, 15) is 20.2 Å². The first kappa shape index (κ1) is 22.6. The molecule has 1 heterocycles. The molecular weight excluding hydrogens is 416 g/mol. The number of nitriles is 1. The Morgan fingerprint density at radius 3 is 2.38 bits per heavy atom. The smallest absolute Gasteiger partial charge is 0.280 e. The minimum atomic E-state index is -0.685. The van der Waals surface area contributed by atoms with Gasteiger partial charge in [0.2, 0.25) is 0 Å². The van der Waals surface area contributed by atoms with Gasteiger partial charge in [-0.1, -0.05) is 0 Å². The zero-order valence-electron chi connectivity index (χ0n) is 17.7. The topological polar surface area (TPSA) is 127 Å². The number of methoxy groups -OCH3 is 2. The van der Waals surface area contributed by atoms with E-state index in [-0.39, 0.29) is 28.3 Å². The molecule has 0 atom stereocenters. The Bertz CT molecular complexity index is 1070. The van der Waals surface area contributed by atoms with Crippen LogP contribution in [0.3, 0.4) is 0 Å². The molecule has 1 aliphatic heterocycles. The van der Waals surface area contributed by atoms with Crippen LogP contribution in [0, 0.1) is 21.4 Å². The number of carbonyl (C=O) groups excluding carboxylic acids is 1. The number of carbonyl (C=O) groups is 1. The molecule has 1 saturated heterocycles. The van der Waals surface area contributed by atoms with Gasteiger partial charge in [-0.2, -0.15) is 5.26 Å². The average Bonchev–Trinajstić information content (AvgIpc) is 2.82. The van der Waals surface area contributed by atoms with Crippen molar-refractivity contribution in [2.24, 2.45) is 0 Å². The van der Waals surface area contributed by atoms with Crippen molar-refractivity contribution in [1.82, 2.24) is 0 Å². The van der Waals surface area contributed by atoms with Gasteiger partial charge in [-0.25, -0.2) is 0 Å². The predicted octanol–water partition coefficient (Wildman–Crippen LogP) is 2.99. The molecule has 1 N–H and O–H groups in total. The fourth-order valence-corrected chi connectivity index (χ4v) is 3.24. The summed E-state index contributed by atoms with van der Waals surface area (Å²) in [7, 11) is 2.74. The second-order valence-corrected chi connectivity index (χ2v) is 6.79. The molecule has 2 aromatic rings. The van der Waals surface area contributed by atoms with Gasteiger partial charge in [0.05, 0.1) is 44.0 Å². The van der Waals surface area contributed by atoms with E-state index in [2.05, 4.69) is 10.2 Å². The number of nitro groups is 1. The summed E-state index contributed by atoms with van der Waals surface area (Å²) < 4.78 is 15.6. The highest BCUT2D eigenvalue weighted by Gasteiger charge is 2.20. The number of rotatable bonds is 7. The number of anilines is 2. The van der Waals surface area contributed by atoms with Crippen LogP contribution < -0.4 is 19.7 Å². The molecule has 10 nitrogen and oxygen atoms in total. The molecule has 2 aromatic carbocycles. The Morgan fingerprint density at radius 2 is 1.81 bits per heavy atom. The number of hydrogen-bond donors (Lipinski definition) is 1. The lowest BCUT2D eigenvalue weighted by molar-refractivity contribution is -0.385. The van der Waals surface area contributed by atoms with Gasteiger partial charge in [-0.15, -0.1) is 0 Å². The molecule has 32 heavy (non-hydrogen) atoms. The van der Waals surface area contributed by atoms with Crippen LogP contribution in [0.25, 0.3) is 6.08 Å². The number of morpholine rings is 1. The van der Waals surface area contributed by atoms with Crippen LogP contribution >= 0.6 is 0 Å². The molecule has 0 spiro atoms. The maximum atomic E-state index is 12.6. The molecule has 166 valence electrons. The summed E-state index contributed by atoms with van der Waals surface area (Å²) in [5, 5.41) is 23.6. The van der Waals surface area contributed by atoms with E-state index in [1.807, 2.05) is 12.1 Å². The predicted molar refractivity (Wildman–Crippen MR) is 118 cm³/mol. The largest absolute Gasteiger partial charge is 0.493 e. The summed E-state index contributed by atoms with van der Waals surface area (Å²) in [5.41, 5.74) is 0.927. The Morgan fingerprint density at radius 1 is 1.19 bits per heavy atom. The fraction of sp³-hybridized carbons (Fsp3) is 0.273. The Balaban J connectivity index is 1.83. The molecular formula is C22H22N4O6. The normalized spacial score (nSPS) is 13.8. The number of hydrogen-bond acceptors (Lipinski definition) is 8. The average molecular weight is 438 g/mol. The first-order valence-corrected chi connectivity index (χ1v) is 9.73. The van der Waals surface area contributed by atoms with E-state index in [0.717, 1.165) is 24.9 Å². The number of benzene rings is 2. The van der Waals surface area contributed by atoms with Crippen molar-refractivity contribution in [2.75, 3.05) is 50.7 Å². The highest BCUT2D eigenvalue weighted by atomic mass is 16.6. The number of ether oxygens (including phenoxy) is 3. The van der Waals surface area contributed by atoms with Gasteiger partial charge >= 0.3 is 0 Å². The second kappa shape index (κ2) is 10.3. The number of nitrogens with zero attached hydrogens (tertiary/aromatic N) is 3. The van der Waals surface area contributed by atoms with Gasteiger partial charge in [0.15, 0.2) is 11.5 Å². The van der Waals surface area contributed by atoms with Crippen LogP contribution in [-0.2, 0) is 9.53 Å². The lowest BCUT2D eigenvalue weighted by Crippen LogP contribution is -2.36. The van der Waals surface area contributed by atoms with E-state index < -0.39 is 10.8 Å². The number of nitro benzene ring substituents is 1. The van der Waals surface area contributed by atoms with Gasteiger partial charge in [0.25, 0.3) is 11.6 Å². The summed E-state index contributed by atoms with van der Waals surface area (Å²) in [6, 6.07) is 11.5. The van der Waals surface area contributed by atoms with Gasteiger partial charge in [-0.3, -0.25) is 14.9 Å². The minimum absolute atomic E-state index is 0.0435. The number of nitrogens with one attached hydrogen (secondary N) is 1. The highest BCUT2D eigenvalue weighted by Crippen LogP contribution is 2.35. The maximum absolute atomic E-state index is 12.6. The van der Waals surface area contributed by atoms with Gasteiger partial charge < -0.3 is 24.4 Å². The molecule has 1 amide bonds. The molecule has 1 aliphatic rings. The van der Waals surface area contributed by atoms with Crippen molar-refractivity contribution in [3.05, 3.63) is 57.6 Å². The zero-order valence-corrected chi connectivity index (χ0v) is 17.7. The Labute approximate surface area is 184 Å². The Hall–Kier alpha value is -4.10. The summed E-state index contributed by atoms with van der Waals surface area (Å²) in [6.07, 6.45) is 1.15. The van der Waals surface area contributed by atoms with Gasteiger partial charge in [0, 0.05) is 24.5 Å². The summed E-state index contributed by atoms with van der Waals surface area (Å²) in [4.78, 5) is 25.7. The summed E-state index contributed by atoms with van der Waals surface area (Å²) >= 11 is 0. The van der Waals surface area contributed by atoms with Gasteiger partial charge in [-0.05, 0) is 36.4 Å². The fourth-order valence-electron chi connectivity index (χ4n) is 3.24. The standard InChI is InChI=1S/C22H22N4O6/c1-30-20-12-15(19(26(28)29)13-21(20)31-2)11-16(14-23)22(27)24-17-3-5-18(6-4-17)25-7-9-32-10-8-25/h3-6,11-13H,7-10H2,1-2H3,(H,24,27)/b16-11+. The van der Waals surface area contributed by atoms with Crippen molar-refractivity contribution in [3.8, 4) is 17.6 Å². The molecule has 1 fully saturated rings. The van der Waals surface area contributed by atoms with Crippen LogP contribution in [0.5, 0.6) is 11.5 Å². The molecule has 3 rings (SSSR count). The van der Waals surface area contributed by atoms with Crippen LogP contribution in [0.15, 0.2) is 42.0 Å². The van der Waals surface area contributed by atoms with E-state index in [0.29, 0.717) is 18.9 Å². The van der Waals surface area contributed by atoms with Crippen LogP contribution in [0.2, 0.25) is 0 Å². The molecule has 0 aliphatic carbocycles. The van der Waals surface area contributed by atoms with E-state index in [1.54, 1.807) is 18.2 Å². The van der Waals surface area contributed by atoms with E-state index in [4.69, 9.17) is 14.2 Å². The first-order chi connectivity index (χ1) is 15.5. The minimum Gasteiger partial charge on any atom is -0.493 e. The van der Waals surface area contributed by atoms with Gasteiger partial charge in [0.1, 0.15) is 11.6 Å². The SMILES string of the molecule is COc1cc(/C=C(\C#N)C(=O)Nc2ccc(N3CCOCC3)cc2)c([N+](=O)[O-])cc1OC. The van der Waals surface area contributed by atoms with E-state index in [1.165, 1.54) is 26.4 Å². The third kappa shape index (κ3) is 5.14. The van der Waals surface area contributed by atoms with Crippen molar-refractivity contribution < 1.29 is 23.9 Å². The third-order valence-corrected chi connectivity index (χ3v) is 4.90. The highest BCUT2D eigenvalue weighted by molar-refractivity contribution is 6.10.